The Morgan fingerprint density at radius 3 is 1.83 bits per heavy atom. The van der Waals surface area contributed by atoms with Crippen molar-refractivity contribution in [2.75, 3.05) is 20.3 Å². The number of furan rings is 1. The van der Waals surface area contributed by atoms with Gasteiger partial charge in [0.1, 0.15) is 11.5 Å². The smallest absolute Gasteiger partial charge is 0.192 e. The summed E-state index contributed by atoms with van der Waals surface area (Å²) in [7, 11) is -0.156. The highest BCUT2D eigenvalue weighted by molar-refractivity contribution is 6.80. The van der Waals surface area contributed by atoms with E-state index in [1.165, 1.54) is 27.8 Å². The highest BCUT2D eigenvalue weighted by Crippen LogP contribution is 2.48. The van der Waals surface area contributed by atoms with Crippen LogP contribution in [0.4, 0.5) is 0 Å². The van der Waals surface area contributed by atoms with Gasteiger partial charge in [-0.15, -0.1) is 0 Å². The molecule has 0 aliphatic carbocycles. The normalized spacial score (nSPS) is 13.1. The molecule has 0 amide bonds. The zero-order valence-electron chi connectivity index (χ0n) is 31.8. The second-order valence-electron chi connectivity index (χ2n) is 15.1. The van der Waals surface area contributed by atoms with E-state index in [1.54, 1.807) is 13.4 Å². The first kappa shape index (κ1) is 38.8. The molecule has 2 aromatic carbocycles. The van der Waals surface area contributed by atoms with Crippen LogP contribution in [0.1, 0.15) is 121 Å². The summed E-state index contributed by atoms with van der Waals surface area (Å²) < 4.78 is 25.1. The van der Waals surface area contributed by atoms with E-state index in [4.69, 9.17) is 18.6 Å². The van der Waals surface area contributed by atoms with Gasteiger partial charge in [0, 0.05) is 28.7 Å². The fraction of sp³-hybridized carbons (Fsp3) is 0.571. The summed E-state index contributed by atoms with van der Waals surface area (Å²) >= 11 is 0. The Kier molecular flexibility index (Phi) is 13.8. The fourth-order valence-corrected chi connectivity index (χ4v) is 8.67. The maximum absolute atomic E-state index is 6.96. The highest BCUT2D eigenvalue weighted by Gasteiger charge is 2.47. The standard InChI is InChI=1S/C42H64O4Si/c1-13-17-26-44-42(45-27-18-14-2,31-47(11,12)40(7,8)9)38-23-20-35(30-33(38)6)41(15-3,16-4)34-19-22-37(32(5)29-34)39-24-21-36(46-39)25-28-43-10/h19-25,28-30H,13-18,26-27,31H2,1-12H3. The van der Waals surface area contributed by atoms with E-state index in [2.05, 4.69) is 112 Å². The molecule has 0 aliphatic rings. The van der Waals surface area contributed by atoms with E-state index in [1.807, 2.05) is 18.2 Å². The Hall–Kier alpha value is -2.60. The van der Waals surface area contributed by atoms with E-state index in [9.17, 15) is 0 Å². The van der Waals surface area contributed by atoms with Crippen LogP contribution in [0.25, 0.3) is 17.4 Å². The Morgan fingerprint density at radius 2 is 1.34 bits per heavy atom. The van der Waals surface area contributed by atoms with Crippen LogP contribution >= 0.6 is 0 Å². The van der Waals surface area contributed by atoms with Crippen LogP contribution in [0.5, 0.6) is 0 Å². The largest absolute Gasteiger partial charge is 0.504 e. The van der Waals surface area contributed by atoms with E-state index < -0.39 is 13.9 Å². The van der Waals surface area contributed by atoms with Gasteiger partial charge >= 0.3 is 0 Å². The second-order valence-corrected chi connectivity index (χ2v) is 20.7. The molecule has 3 aromatic rings. The third-order valence-electron chi connectivity index (χ3n) is 10.8. The van der Waals surface area contributed by atoms with Crippen LogP contribution in [0.2, 0.25) is 24.2 Å². The number of rotatable bonds is 18. The Bertz CT molecular complexity index is 1430. The van der Waals surface area contributed by atoms with Crippen molar-refractivity contribution in [1.29, 1.82) is 0 Å². The molecule has 0 fully saturated rings. The zero-order chi connectivity index (χ0) is 34.9. The lowest BCUT2D eigenvalue weighted by Gasteiger charge is -2.45. The molecular formula is C42H64O4Si. The summed E-state index contributed by atoms with van der Waals surface area (Å²) in [6.07, 6.45) is 9.73. The lowest BCUT2D eigenvalue weighted by molar-refractivity contribution is -0.236. The van der Waals surface area contributed by atoms with Gasteiger partial charge in [-0.25, -0.2) is 0 Å². The molecule has 4 nitrogen and oxygen atoms in total. The number of hydrogen-bond acceptors (Lipinski definition) is 4. The first-order valence-corrected chi connectivity index (χ1v) is 21.2. The molecule has 3 rings (SSSR count). The molecule has 0 unspecified atom stereocenters. The third-order valence-corrected chi connectivity index (χ3v) is 16.2. The van der Waals surface area contributed by atoms with Crippen molar-refractivity contribution >= 4 is 14.1 Å². The predicted octanol–water partition coefficient (Wildman–Crippen LogP) is 12.6. The molecule has 47 heavy (non-hydrogen) atoms. The maximum Gasteiger partial charge on any atom is 0.192 e. The summed E-state index contributed by atoms with van der Waals surface area (Å²) in [5, 5.41) is 0.218. The molecule has 0 atom stereocenters. The van der Waals surface area contributed by atoms with Crippen LogP contribution < -0.4 is 0 Å². The minimum Gasteiger partial charge on any atom is -0.504 e. The van der Waals surface area contributed by atoms with Crippen molar-refractivity contribution in [3.05, 3.63) is 88.4 Å². The average molecular weight is 661 g/mol. The van der Waals surface area contributed by atoms with Gasteiger partial charge in [-0.1, -0.05) is 111 Å². The fourth-order valence-electron chi connectivity index (χ4n) is 6.59. The van der Waals surface area contributed by atoms with Crippen molar-refractivity contribution in [2.24, 2.45) is 0 Å². The van der Waals surface area contributed by atoms with Crippen LogP contribution in [0.15, 0.2) is 59.2 Å². The lowest BCUT2D eigenvalue weighted by atomic mass is 9.69. The molecular weight excluding hydrogens is 597 g/mol. The van der Waals surface area contributed by atoms with Crippen molar-refractivity contribution in [3.63, 3.8) is 0 Å². The molecule has 0 saturated heterocycles. The number of methoxy groups -OCH3 is 1. The van der Waals surface area contributed by atoms with Crippen LogP contribution in [0.3, 0.4) is 0 Å². The molecule has 260 valence electrons. The van der Waals surface area contributed by atoms with Crippen molar-refractivity contribution in [3.8, 4) is 11.3 Å². The SMILES string of the molecule is CCCCOC(C[Si](C)(C)C(C)(C)C)(OCCCC)c1ccc(C(CC)(CC)c2ccc(-c3ccc(C=COC)o3)c(C)c2)cc1C. The van der Waals surface area contributed by atoms with E-state index in [0.29, 0.717) is 13.2 Å². The van der Waals surface area contributed by atoms with Crippen molar-refractivity contribution in [2.45, 2.75) is 136 Å². The number of aryl methyl sites for hydroxylation is 2. The second kappa shape index (κ2) is 16.7. The van der Waals surface area contributed by atoms with Gasteiger partial charge in [0.2, 0.25) is 0 Å². The molecule has 5 heteroatoms. The van der Waals surface area contributed by atoms with Crippen LogP contribution in [-0.4, -0.2) is 28.4 Å². The molecule has 0 radical (unpaired) electrons. The maximum atomic E-state index is 6.96. The summed E-state index contributed by atoms with van der Waals surface area (Å²) in [6, 6.07) is 19.0. The summed E-state index contributed by atoms with van der Waals surface area (Å²) in [5.74, 6) is 0.905. The molecule has 1 aromatic heterocycles. The van der Waals surface area contributed by atoms with Gasteiger partial charge in [0.15, 0.2) is 5.79 Å². The molecule has 0 spiro atoms. The Balaban J connectivity index is 2.12. The minimum absolute atomic E-state index is 0.115. The minimum atomic E-state index is -1.80. The zero-order valence-corrected chi connectivity index (χ0v) is 32.8. The molecule has 1 heterocycles. The summed E-state index contributed by atoms with van der Waals surface area (Å²) in [6.45, 7) is 27.2. The van der Waals surface area contributed by atoms with Gasteiger partial charge in [-0.3, -0.25) is 0 Å². The molecule has 0 bridgehead atoms. The number of benzene rings is 2. The number of ether oxygens (including phenoxy) is 3. The van der Waals surface area contributed by atoms with Gasteiger partial charge in [-0.2, -0.15) is 0 Å². The third kappa shape index (κ3) is 8.90. The first-order chi connectivity index (χ1) is 22.2. The Morgan fingerprint density at radius 1 is 0.766 bits per heavy atom. The highest BCUT2D eigenvalue weighted by atomic mass is 28.3. The van der Waals surface area contributed by atoms with Gasteiger partial charge in [-0.05, 0) is 79.0 Å². The first-order valence-electron chi connectivity index (χ1n) is 18.0. The predicted molar refractivity (Wildman–Crippen MR) is 203 cm³/mol. The van der Waals surface area contributed by atoms with E-state index >= 15 is 0 Å². The monoisotopic (exact) mass is 660 g/mol. The Labute approximate surface area is 288 Å². The quantitative estimate of drug-likeness (QED) is 0.0589. The molecule has 0 saturated carbocycles. The van der Waals surface area contributed by atoms with Crippen molar-refractivity contribution < 1.29 is 18.6 Å². The summed E-state index contributed by atoms with van der Waals surface area (Å²) in [5.41, 5.74) is 7.35. The van der Waals surface area contributed by atoms with Crippen LogP contribution in [-0.2, 0) is 25.4 Å². The topological polar surface area (TPSA) is 40.8 Å². The average Bonchev–Trinajstić information content (AvgIpc) is 3.49. The van der Waals surface area contributed by atoms with E-state index in [0.717, 1.165) is 61.7 Å². The summed E-state index contributed by atoms with van der Waals surface area (Å²) in [4.78, 5) is 0. The van der Waals surface area contributed by atoms with Gasteiger partial charge < -0.3 is 18.6 Å². The molecule has 0 N–H and O–H groups in total. The van der Waals surface area contributed by atoms with Crippen molar-refractivity contribution in [1.82, 2.24) is 0 Å². The lowest BCUT2D eigenvalue weighted by Crippen LogP contribution is -2.47. The van der Waals surface area contributed by atoms with Gasteiger partial charge in [0.05, 0.1) is 34.7 Å². The van der Waals surface area contributed by atoms with Crippen LogP contribution in [0, 0.1) is 13.8 Å². The number of hydrogen-bond donors (Lipinski definition) is 0. The van der Waals surface area contributed by atoms with E-state index in [-0.39, 0.29) is 10.5 Å². The number of unbranched alkanes of at least 4 members (excludes halogenated alkanes) is 2. The molecule has 0 aliphatic heterocycles. The van der Waals surface area contributed by atoms with Gasteiger partial charge in [0.25, 0.3) is 0 Å².